The van der Waals surface area contributed by atoms with Crippen molar-refractivity contribution in [2.45, 2.75) is 48.9 Å². The van der Waals surface area contributed by atoms with Gasteiger partial charge in [0.2, 0.25) is 17.7 Å². The number of rotatable bonds is 6. The van der Waals surface area contributed by atoms with Crippen LogP contribution < -0.4 is 9.77 Å². The van der Waals surface area contributed by atoms with E-state index in [9.17, 15) is 29.1 Å². The van der Waals surface area contributed by atoms with Crippen molar-refractivity contribution in [3.63, 3.8) is 0 Å². The number of hydrogen-bond acceptors (Lipinski definition) is 9. The summed E-state index contributed by atoms with van der Waals surface area (Å²) in [7, 11) is 0. The summed E-state index contributed by atoms with van der Waals surface area (Å²) in [5, 5.41) is 9.62. The monoisotopic (exact) mass is 607 g/mol. The Morgan fingerprint density at radius 1 is 0.952 bits per heavy atom. The van der Waals surface area contributed by atoms with Crippen molar-refractivity contribution in [1.82, 2.24) is 9.47 Å². The number of aromatic hydroxyl groups is 1. The molecule has 3 aromatic rings. The minimum atomic E-state index is -0.834. The van der Waals surface area contributed by atoms with Crippen molar-refractivity contribution in [3.05, 3.63) is 74.2 Å². The van der Waals surface area contributed by atoms with Crippen LogP contribution in [0.15, 0.2) is 58.4 Å². The number of amides is 3. The minimum Gasteiger partial charge on any atom is -0.508 e. The van der Waals surface area contributed by atoms with Crippen LogP contribution in [0, 0.1) is 5.92 Å². The number of thiazole rings is 1. The van der Waals surface area contributed by atoms with Crippen LogP contribution in [0.1, 0.15) is 52.9 Å². The average Bonchev–Trinajstić information content (AvgIpc) is 3.44. The molecule has 1 aromatic heterocycles. The molecule has 10 nitrogen and oxygen atoms in total. The fourth-order valence-electron chi connectivity index (χ4n) is 5.89. The van der Waals surface area contributed by atoms with Gasteiger partial charge in [0.15, 0.2) is 0 Å². The number of aromatic nitrogens is 1. The number of hydrogen-bond donors (Lipinski definition) is 1. The van der Waals surface area contributed by atoms with Crippen LogP contribution in [0.4, 0.5) is 5.69 Å². The van der Waals surface area contributed by atoms with Crippen LogP contribution in [0.25, 0.3) is 0 Å². The predicted octanol–water partition coefficient (Wildman–Crippen LogP) is 3.60. The van der Waals surface area contributed by atoms with Gasteiger partial charge in [0.1, 0.15) is 17.5 Å². The number of carbonyl (C=O) groups is 4. The van der Waals surface area contributed by atoms with Gasteiger partial charge in [-0.1, -0.05) is 35.2 Å². The fourth-order valence-corrected chi connectivity index (χ4v) is 8.66. The second-order valence-corrected chi connectivity index (χ2v) is 12.6. The number of imide groups is 1. The highest BCUT2D eigenvalue weighted by atomic mass is 32.2. The molecule has 3 aliphatic heterocycles. The first-order valence-electron chi connectivity index (χ1n) is 13.9. The second-order valence-electron chi connectivity index (χ2n) is 10.5. The topological polar surface area (TPSA) is 126 Å². The van der Waals surface area contributed by atoms with Gasteiger partial charge in [0.05, 0.1) is 28.8 Å². The van der Waals surface area contributed by atoms with E-state index in [0.29, 0.717) is 39.8 Å². The first-order valence-corrected chi connectivity index (χ1v) is 15.6. The summed E-state index contributed by atoms with van der Waals surface area (Å²) in [5.74, 6) is -2.87. The molecular weight excluding hydrogens is 578 g/mol. The zero-order chi connectivity index (χ0) is 29.5. The van der Waals surface area contributed by atoms with Gasteiger partial charge in [-0.15, -0.1) is 0 Å². The standard InChI is InChI=1S/C30H29N3O7S2/c1-2-40-29(38)18-6-10-19(11-7-18)33-26(36)23-22(17-8-12-20(34)13-9-17)25-28(41-24(23)27(33)37)32(30(39)42-25)16-21(35)31-14-4-3-5-15-31/h6-13,22-24,34H,2-5,14-16H2,1H3/t22-,23?,24?/m0/s1. The third-order valence-electron chi connectivity index (χ3n) is 7.94. The third-order valence-corrected chi connectivity index (χ3v) is 10.5. The Labute approximate surface area is 249 Å². The minimum absolute atomic E-state index is 0.0516. The molecule has 6 rings (SSSR count). The van der Waals surface area contributed by atoms with Gasteiger partial charge < -0.3 is 14.7 Å². The number of fused-ring (bicyclic) bond motifs is 2. The van der Waals surface area contributed by atoms with E-state index in [-0.39, 0.29) is 29.7 Å². The number of piperidine rings is 1. The summed E-state index contributed by atoms with van der Waals surface area (Å²) in [4.78, 5) is 69.7. The quantitative estimate of drug-likeness (QED) is 0.333. The summed E-state index contributed by atoms with van der Waals surface area (Å²) < 4.78 is 6.48. The number of carbonyl (C=O) groups excluding carboxylic acids is 4. The Bertz CT molecular complexity index is 1610. The molecule has 0 spiro atoms. The zero-order valence-electron chi connectivity index (χ0n) is 22.9. The van der Waals surface area contributed by atoms with E-state index in [1.807, 2.05) is 0 Å². The summed E-state index contributed by atoms with van der Waals surface area (Å²) in [5.41, 5.74) is 1.32. The fraction of sp³-hybridized carbons (Fsp3) is 0.367. The molecule has 3 amide bonds. The molecule has 12 heteroatoms. The normalized spacial score (nSPS) is 21.7. The lowest BCUT2D eigenvalue weighted by molar-refractivity contribution is -0.133. The third kappa shape index (κ3) is 4.92. The van der Waals surface area contributed by atoms with E-state index in [1.54, 1.807) is 36.1 Å². The molecule has 2 fully saturated rings. The van der Waals surface area contributed by atoms with Crippen LogP contribution >= 0.6 is 23.1 Å². The molecule has 0 aliphatic carbocycles. The van der Waals surface area contributed by atoms with E-state index in [4.69, 9.17) is 4.74 Å². The van der Waals surface area contributed by atoms with Crippen LogP contribution in [-0.2, 0) is 25.7 Å². The van der Waals surface area contributed by atoms with Crippen molar-refractivity contribution >= 4 is 52.5 Å². The van der Waals surface area contributed by atoms with E-state index in [2.05, 4.69) is 0 Å². The number of anilines is 1. The molecule has 3 aliphatic rings. The molecular formula is C30H29N3O7S2. The Kier molecular flexibility index (Phi) is 7.67. The number of benzene rings is 2. The van der Waals surface area contributed by atoms with Crippen molar-refractivity contribution in [2.75, 3.05) is 24.6 Å². The van der Waals surface area contributed by atoms with Crippen LogP contribution in [-0.4, -0.2) is 63.2 Å². The van der Waals surface area contributed by atoms with Crippen LogP contribution in [0.3, 0.4) is 0 Å². The van der Waals surface area contributed by atoms with E-state index in [0.717, 1.165) is 47.3 Å². The van der Waals surface area contributed by atoms with Gasteiger partial charge in [0.25, 0.3) is 0 Å². The highest BCUT2D eigenvalue weighted by Crippen LogP contribution is 2.54. The van der Waals surface area contributed by atoms with Gasteiger partial charge in [-0.3, -0.25) is 23.7 Å². The van der Waals surface area contributed by atoms with Crippen LogP contribution in [0.2, 0.25) is 0 Å². The van der Waals surface area contributed by atoms with E-state index >= 15 is 0 Å². The Morgan fingerprint density at radius 3 is 2.31 bits per heavy atom. The summed E-state index contributed by atoms with van der Waals surface area (Å²) in [6.45, 7) is 3.12. The predicted molar refractivity (Wildman–Crippen MR) is 157 cm³/mol. The van der Waals surface area contributed by atoms with Gasteiger partial charge >= 0.3 is 10.8 Å². The second kappa shape index (κ2) is 11.4. The summed E-state index contributed by atoms with van der Waals surface area (Å²) >= 11 is 2.15. The van der Waals surface area contributed by atoms with Crippen molar-refractivity contribution in [1.29, 1.82) is 0 Å². The summed E-state index contributed by atoms with van der Waals surface area (Å²) in [6.07, 6.45) is 2.93. The lowest BCUT2D eigenvalue weighted by Crippen LogP contribution is -2.39. The molecule has 2 aromatic carbocycles. The zero-order valence-corrected chi connectivity index (χ0v) is 24.5. The SMILES string of the molecule is CCOC(=O)c1ccc(N2C(=O)C3Sc4c(sc(=O)n4CC(=O)N4CCCCC4)[C@@H](c4ccc(O)cc4)C3C2=O)cc1. The molecule has 0 saturated carbocycles. The molecule has 218 valence electrons. The van der Waals surface area contributed by atoms with E-state index < -0.39 is 34.9 Å². The number of esters is 1. The van der Waals surface area contributed by atoms with E-state index in [1.165, 1.54) is 28.8 Å². The number of likely N-dealkylation sites (tertiary alicyclic amines) is 1. The maximum Gasteiger partial charge on any atom is 0.338 e. The first kappa shape index (κ1) is 28.2. The molecule has 3 atom stereocenters. The molecule has 4 heterocycles. The maximum absolute atomic E-state index is 14.0. The van der Waals surface area contributed by atoms with Crippen molar-refractivity contribution < 1.29 is 29.0 Å². The lowest BCUT2D eigenvalue weighted by Gasteiger charge is -2.31. The molecule has 42 heavy (non-hydrogen) atoms. The molecule has 2 unspecified atom stereocenters. The number of thioether (sulfide) groups is 1. The van der Waals surface area contributed by atoms with Gasteiger partial charge in [-0.2, -0.15) is 0 Å². The molecule has 0 bridgehead atoms. The number of ether oxygens (including phenoxy) is 1. The Balaban J connectivity index is 1.38. The van der Waals surface area contributed by atoms with Gasteiger partial charge in [-0.05, 0) is 68.1 Å². The molecule has 1 N–H and O–H groups in total. The molecule has 2 saturated heterocycles. The van der Waals surface area contributed by atoms with Gasteiger partial charge in [0, 0.05) is 23.9 Å². The van der Waals surface area contributed by atoms with Crippen molar-refractivity contribution in [3.8, 4) is 5.75 Å². The number of nitrogens with zero attached hydrogens (tertiary/aromatic N) is 3. The summed E-state index contributed by atoms with van der Waals surface area (Å²) in [6, 6.07) is 12.5. The molecule has 0 radical (unpaired) electrons. The average molecular weight is 608 g/mol. The Hall–Kier alpha value is -3.90. The highest BCUT2D eigenvalue weighted by molar-refractivity contribution is 8.00. The van der Waals surface area contributed by atoms with Gasteiger partial charge in [-0.25, -0.2) is 9.69 Å². The van der Waals surface area contributed by atoms with Crippen molar-refractivity contribution in [2.24, 2.45) is 5.92 Å². The first-order chi connectivity index (χ1) is 20.3. The lowest BCUT2D eigenvalue weighted by atomic mass is 9.83. The number of phenols is 1. The number of phenolic OH excluding ortho intramolecular Hbond substituents is 1. The smallest absolute Gasteiger partial charge is 0.338 e. The largest absolute Gasteiger partial charge is 0.508 e. The maximum atomic E-state index is 14.0. The highest BCUT2D eigenvalue weighted by Gasteiger charge is 2.56. The van der Waals surface area contributed by atoms with Crippen LogP contribution in [0.5, 0.6) is 5.75 Å². The Morgan fingerprint density at radius 2 is 1.64 bits per heavy atom.